The number of hydrogen-bond donors (Lipinski definition) is 0. The van der Waals surface area contributed by atoms with Crippen LogP contribution in [0.1, 0.15) is 39.2 Å². The van der Waals surface area contributed by atoms with Crippen molar-refractivity contribution in [1.82, 2.24) is 4.90 Å². The Balaban J connectivity index is 2.09. The second-order valence-electron chi connectivity index (χ2n) is 6.09. The molecule has 0 atom stereocenters. The maximum absolute atomic E-state index is 12.2. The predicted molar refractivity (Wildman–Crippen MR) is 81.3 cm³/mol. The van der Waals surface area contributed by atoms with Gasteiger partial charge in [-0.05, 0) is 51.3 Å². The number of carbonyl (C=O) groups is 1. The van der Waals surface area contributed by atoms with E-state index in [1.807, 2.05) is 26.8 Å². The van der Waals surface area contributed by atoms with E-state index in [1.165, 1.54) is 0 Å². The molecule has 0 N–H and O–H groups in total. The fourth-order valence-electron chi connectivity index (χ4n) is 1.88. The molecule has 1 saturated carbocycles. The first-order valence-corrected chi connectivity index (χ1v) is 7.45. The largest absolute Gasteiger partial charge is 0.444 e. The summed E-state index contributed by atoms with van der Waals surface area (Å²) in [7, 11) is 0. The summed E-state index contributed by atoms with van der Waals surface area (Å²) in [5.41, 5.74) is 0.471. The summed E-state index contributed by atoms with van der Waals surface area (Å²) in [6.07, 6.45) is 1.78. The van der Waals surface area contributed by atoms with Crippen LogP contribution in [-0.4, -0.2) is 22.6 Å². The summed E-state index contributed by atoms with van der Waals surface area (Å²) in [4.78, 5) is 14.0. The van der Waals surface area contributed by atoms with E-state index in [9.17, 15) is 4.79 Å². The Morgan fingerprint density at radius 3 is 2.45 bits per heavy atom. The summed E-state index contributed by atoms with van der Waals surface area (Å²) in [6, 6.07) is 5.70. The van der Waals surface area contributed by atoms with Gasteiger partial charge in [-0.2, -0.15) is 0 Å². The SMILES string of the molecule is CC(C)(C)OC(=O)N(Cc1ccc(Cl)c(Cl)c1)C1CC1. The molecule has 110 valence electrons. The van der Waals surface area contributed by atoms with E-state index < -0.39 is 5.60 Å². The van der Waals surface area contributed by atoms with Crippen molar-refractivity contribution in [3.63, 3.8) is 0 Å². The van der Waals surface area contributed by atoms with Gasteiger partial charge in [0, 0.05) is 12.6 Å². The molecular weight excluding hydrogens is 297 g/mol. The second kappa shape index (κ2) is 5.82. The first-order valence-electron chi connectivity index (χ1n) is 6.70. The minimum Gasteiger partial charge on any atom is -0.444 e. The van der Waals surface area contributed by atoms with Gasteiger partial charge >= 0.3 is 6.09 Å². The third kappa shape index (κ3) is 4.29. The molecule has 3 nitrogen and oxygen atoms in total. The molecule has 0 saturated heterocycles. The van der Waals surface area contributed by atoms with Gasteiger partial charge in [0.1, 0.15) is 5.60 Å². The van der Waals surface area contributed by atoms with Crippen molar-refractivity contribution in [3.8, 4) is 0 Å². The number of nitrogens with zero attached hydrogens (tertiary/aromatic N) is 1. The number of hydrogen-bond acceptors (Lipinski definition) is 2. The molecule has 1 aliphatic carbocycles. The Hall–Kier alpha value is -0.930. The van der Waals surface area contributed by atoms with Crippen molar-refractivity contribution in [3.05, 3.63) is 33.8 Å². The molecule has 0 aromatic heterocycles. The maximum Gasteiger partial charge on any atom is 0.410 e. The maximum atomic E-state index is 12.2. The van der Waals surface area contributed by atoms with Gasteiger partial charge in [-0.1, -0.05) is 29.3 Å². The Morgan fingerprint density at radius 2 is 1.95 bits per heavy atom. The van der Waals surface area contributed by atoms with E-state index >= 15 is 0 Å². The van der Waals surface area contributed by atoms with Crippen molar-refractivity contribution in [1.29, 1.82) is 0 Å². The second-order valence-corrected chi connectivity index (χ2v) is 6.90. The lowest BCUT2D eigenvalue weighted by molar-refractivity contribution is 0.0216. The van der Waals surface area contributed by atoms with E-state index in [-0.39, 0.29) is 12.1 Å². The molecule has 1 amide bonds. The van der Waals surface area contributed by atoms with Crippen LogP contribution < -0.4 is 0 Å². The zero-order valence-corrected chi connectivity index (χ0v) is 13.5. The van der Waals surface area contributed by atoms with Gasteiger partial charge in [0.05, 0.1) is 10.0 Å². The average Bonchev–Trinajstić information content (AvgIpc) is 3.12. The number of ether oxygens (including phenoxy) is 1. The lowest BCUT2D eigenvalue weighted by atomic mass is 10.2. The van der Waals surface area contributed by atoms with E-state index in [2.05, 4.69) is 0 Å². The summed E-state index contributed by atoms with van der Waals surface area (Å²) in [6.45, 7) is 6.11. The fraction of sp³-hybridized carbons (Fsp3) is 0.533. The van der Waals surface area contributed by atoms with Crippen molar-refractivity contribution >= 4 is 29.3 Å². The van der Waals surface area contributed by atoms with Crippen molar-refractivity contribution in [2.24, 2.45) is 0 Å². The molecule has 1 aromatic carbocycles. The smallest absolute Gasteiger partial charge is 0.410 e. The van der Waals surface area contributed by atoms with Crippen LogP contribution in [0.15, 0.2) is 18.2 Å². The third-order valence-corrected chi connectivity index (χ3v) is 3.69. The first kappa shape index (κ1) is 15.5. The van der Waals surface area contributed by atoms with Gasteiger partial charge in [-0.3, -0.25) is 0 Å². The highest BCUT2D eigenvalue weighted by molar-refractivity contribution is 6.42. The highest BCUT2D eigenvalue weighted by atomic mass is 35.5. The lowest BCUT2D eigenvalue weighted by Crippen LogP contribution is -2.37. The van der Waals surface area contributed by atoms with Crippen molar-refractivity contribution in [2.75, 3.05) is 0 Å². The molecule has 0 aliphatic heterocycles. The molecule has 0 unspecified atom stereocenters. The van der Waals surface area contributed by atoms with Gasteiger partial charge in [0.25, 0.3) is 0 Å². The van der Waals surface area contributed by atoms with Crippen LogP contribution >= 0.6 is 23.2 Å². The highest BCUT2D eigenvalue weighted by Crippen LogP contribution is 2.31. The highest BCUT2D eigenvalue weighted by Gasteiger charge is 2.35. The van der Waals surface area contributed by atoms with Gasteiger partial charge in [0.2, 0.25) is 0 Å². The van der Waals surface area contributed by atoms with Gasteiger partial charge in [0.15, 0.2) is 0 Å². The number of amides is 1. The molecule has 1 aromatic rings. The Labute approximate surface area is 129 Å². The van der Waals surface area contributed by atoms with Gasteiger partial charge < -0.3 is 9.64 Å². The summed E-state index contributed by atoms with van der Waals surface area (Å²) >= 11 is 11.9. The standard InChI is InChI=1S/C15H19Cl2NO2/c1-15(2,3)20-14(19)18(11-5-6-11)9-10-4-7-12(16)13(17)8-10/h4,7-8,11H,5-6,9H2,1-3H3. The van der Waals surface area contributed by atoms with Crippen molar-refractivity contribution < 1.29 is 9.53 Å². The third-order valence-electron chi connectivity index (χ3n) is 2.95. The van der Waals surface area contributed by atoms with Crippen LogP contribution in [0.5, 0.6) is 0 Å². The number of benzene rings is 1. The molecule has 2 rings (SSSR count). The van der Waals surface area contributed by atoms with Crippen LogP contribution in [0.25, 0.3) is 0 Å². The molecule has 0 bridgehead atoms. The first-order chi connectivity index (χ1) is 9.26. The predicted octanol–water partition coefficient (Wildman–Crippen LogP) is 4.89. The lowest BCUT2D eigenvalue weighted by Gasteiger charge is -2.27. The quantitative estimate of drug-likeness (QED) is 0.794. The van der Waals surface area contributed by atoms with Crippen LogP contribution in [0.4, 0.5) is 4.79 Å². The molecule has 5 heteroatoms. The van der Waals surface area contributed by atoms with Crippen LogP contribution in [0.3, 0.4) is 0 Å². The van der Waals surface area contributed by atoms with Crippen molar-refractivity contribution in [2.45, 2.75) is 51.8 Å². The van der Waals surface area contributed by atoms with E-state index in [0.717, 1.165) is 18.4 Å². The fourth-order valence-corrected chi connectivity index (χ4v) is 2.20. The topological polar surface area (TPSA) is 29.5 Å². The summed E-state index contributed by atoms with van der Waals surface area (Å²) in [5.74, 6) is 0. The minimum absolute atomic E-state index is 0.272. The average molecular weight is 316 g/mol. The Morgan fingerprint density at radius 1 is 1.30 bits per heavy atom. The zero-order chi connectivity index (χ0) is 14.9. The minimum atomic E-state index is -0.484. The van der Waals surface area contributed by atoms with E-state index in [0.29, 0.717) is 16.6 Å². The summed E-state index contributed by atoms with van der Waals surface area (Å²) < 4.78 is 5.46. The Kier molecular flexibility index (Phi) is 4.50. The van der Waals surface area contributed by atoms with E-state index in [1.54, 1.807) is 17.0 Å². The van der Waals surface area contributed by atoms with Crippen LogP contribution in [0, 0.1) is 0 Å². The molecule has 0 spiro atoms. The molecule has 20 heavy (non-hydrogen) atoms. The molecule has 0 radical (unpaired) electrons. The zero-order valence-electron chi connectivity index (χ0n) is 12.0. The molecule has 0 heterocycles. The number of carbonyl (C=O) groups excluding carboxylic acids is 1. The monoisotopic (exact) mass is 315 g/mol. The number of rotatable bonds is 3. The summed E-state index contributed by atoms with van der Waals surface area (Å²) in [5, 5.41) is 1.02. The molecule has 1 fully saturated rings. The van der Waals surface area contributed by atoms with Crippen LogP contribution in [0.2, 0.25) is 10.0 Å². The van der Waals surface area contributed by atoms with Gasteiger partial charge in [-0.15, -0.1) is 0 Å². The number of halogens is 2. The molecular formula is C15H19Cl2NO2. The molecule has 1 aliphatic rings. The van der Waals surface area contributed by atoms with Gasteiger partial charge in [-0.25, -0.2) is 4.79 Å². The normalized spacial score (nSPS) is 15.1. The van der Waals surface area contributed by atoms with Crippen LogP contribution in [-0.2, 0) is 11.3 Å². The Bertz CT molecular complexity index is 507. The van der Waals surface area contributed by atoms with E-state index in [4.69, 9.17) is 27.9 Å².